The van der Waals surface area contributed by atoms with Gasteiger partial charge in [0, 0.05) is 12.4 Å². The first-order valence-corrected chi connectivity index (χ1v) is 4.81. The standard InChI is InChI=1S/C8H5N3O3S/c12-11(13)6-4-7(15-5-6)14-8-9-2-1-3-10-8/h1-5H. The van der Waals surface area contributed by atoms with E-state index in [2.05, 4.69) is 9.97 Å². The van der Waals surface area contributed by atoms with Crippen LogP contribution in [0, 0.1) is 10.1 Å². The number of nitrogens with zero attached hydrogens (tertiary/aromatic N) is 3. The lowest BCUT2D eigenvalue weighted by Gasteiger charge is -1.96. The monoisotopic (exact) mass is 223 g/mol. The van der Waals surface area contributed by atoms with E-state index in [0.29, 0.717) is 5.06 Å². The summed E-state index contributed by atoms with van der Waals surface area (Å²) in [5.41, 5.74) is 0.00549. The van der Waals surface area contributed by atoms with E-state index < -0.39 is 4.92 Å². The fourth-order valence-electron chi connectivity index (χ4n) is 0.885. The molecule has 0 aliphatic rings. The highest BCUT2D eigenvalue weighted by molar-refractivity contribution is 7.12. The second-order valence-corrected chi connectivity index (χ2v) is 3.39. The van der Waals surface area contributed by atoms with Crippen molar-refractivity contribution in [3.63, 3.8) is 0 Å². The van der Waals surface area contributed by atoms with Crippen LogP contribution >= 0.6 is 11.3 Å². The average molecular weight is 223 g/mol. The summed E-state index contributed by atoms with van der Waals surface area (Å²) in [5.74, 6) is 0. The number of nitro groups is 1. The van der Waals surface area contributed by atoms with Gasteiger partial charge in [-0.25, -0.2) is 9.97 Å². The molecule has 0 bridgehead atoms. The van der Waals surface area contributed by atoms with Crippen molar-refractivity contribution in [1.29, 1.82) is 0 Å². The summed E-state index contributed by atoms with van der Waals surface area (Å²) < 4.78 is 5.20. The molecule has 0 radical (unpaired) electrons. The maximum atomic E-state index is 10.4. The molecule has 0 saturated heterocycles. The fraction of sp³-hybridized carbons (Fsp3) is 0. The lowest BCUT2D eigenvalue weighted by atomic mass is 10.5. The molecule has 2 heterocycles. The Bertz CT molecular complexity index is 471. The van der Waals surface area contributed by atoms with Crippen LogP contribution in [0.25, 0.3) is 0 Å². The molecule has 0 unspecified atom stereocenters. The highest BCUT2D eigenvalue weighted by Crippen LogP contribution is 2.30. The Balaban J connectivity index is 2.15. The van der Waals surface area contributed by atoms with Gasteiger partial charge in [0.2, 0.25) is 0 Å². The minimum Gasteiger partial charge on any atom is -0.413 e. The van der Waals surface area contributed by atoms with E-state index in [4.69, 9.17) is 4.74 Å². The zero-order chi connectivity index (χ0) is 10.7. The Morgan fingerprint density at radius 1 is 1.40 bits per heavy atom. The Labute approximate surface area is 88.3 Å². The first-order chi connectivity index (χ1) is 7.25. The van der Waals surface area contributed by atoms with Crippen LogP contribution in [0.2, 0.25) is 0 Å². The normalized spacial score (nSPS) is 9.87. The molecule has 0 aliphatic heterocycles. The minimum atomic E-state index is -0.477. The molecule has 0 aliphatic carbocycles. The molecule has 6 nitrogen and oxygen atoms in total. The van der Waals surface area contributed by atoms with Crippen LogP contribution < -0.4 is 4.74 Å². The largest absolute Gasteiger partial charge is 0.413 e. The van der Waals surface area contributed by atoms with Crippen molar-refractivity contribution in [3.8, 4) is 11.1 Å². The number of hydrogen-bond donors (Lipinski definition) is 0. The Kier molecular flexibility index (Phi) is 2.55. The van der Waals surface area contributed by atoms with E-state index in [1.807, 2.05) is 0 Å². The smallest absolute Gasteiger partial charge is 0.322 e. The van der Waals surface area contributed by atoms with Gasteiger partial charge >= 0.3 is 6.01 Å². The number of thiophene rings is 1. The predicted molar refractivity (Wildman–Crippen MR) is 53.1 cm³/mol. The van der Waals surface area contributed by atoms with Crippen molar-refractivity contribution in [2.75, 3.05) is 0 Å². The van der Waals surface area contributed by atoms with Gasteiger partial charge in [0.15, 0.2) is 5.06 Å². The molecule has 0 N–H and O–H groups in total. The third kappa shape index (κ3) is 2.26. The summed E-state index contributed by atoms with van der Waals surface area (Å²) in [6, 6.07) is 3.17. The molecule has 2 rings (SSSR count). The summed E-state index contributed by atoms with van der Waals surface area (Å²) in [7, 11) is 0. The molecule has 0 fully saturated rings. The van der Waals surface area contributed by atoms with Crippen molar-refractivity contribution < 1.29 is 9.66 Å². The van der Waals surface area contributed by atoms with E-state index in [9.17, 15) is 10.1 Å². The molecule has 0 aromatic carbocycles. The van der Waals surface area contributed by atoms with Crippen LogP contribution in [-0.4, -0.2) is 14.9 Å². The Hall–Kier alpha value is -2.02. The summed E-state index contributed by atoms with van der Waals surface area (Å²) in [6.07, 6.45) is 3.06. The number of rotatable bonds is 3. The van der Waals surface area contributed by atoms with E-state index in [1.165, 1.54) is 23.8 Å². The summed E-state index contributed by atoms with van der Waals surface area (Å²) in [6.45, 7) is 0. The van der Waals surface area contributed by atoms with Gasteiger partial charge in [-0.2, -0.15) is 0 Å². The molecular formula is C8H5N3O3S. The van der Waals surface area contributed by atoms with E-state index in [-0.39, 0.29) is 11.7 Å². The number of ether oxygens (including phenoxy) is 1. The SMILES string of the molecule is O=[N+]([O-])c1csc(Oc2ncccn2)c1. The molecule has 2 aromatic rings. The molecule has 76 valence electrons. The molecule has 0 atom stereocenters. The van der Waals surface area contributed by atoms with Crippen molar-refractivity contribution >= 4 is 17.0 Å². The molecule has 2 aromatic heterocycles. The van der Waals surface area contributed by atoms with Gasteiger partial charge in [-0.05, 0) is 6.07 Å². The Morgan fingerprint density at radius 2 is 2.13 bits per heavy atom. The number of hydrogen-bond acceptors (Lipinski definition) is 6. The van der Waals surface area contributed by atoms with Crippen molar-refractivity contribution in [3.05, 3.63) is 40.0 Å². The van der Waals surface area contributed by atoms with E-state index in [0.717, 1.165) is 11.3 Å². The van der Waals surface area contributed by atoms with Gasteiger partial charge in [0.05, 0.1) is 16.4 Å². The lowest BCUT2D eigenvalue weighted by molar-refractivity contribution is -0.384. The number of aromatic nitrogens is 2. The third-order valence-electron chi connectivity index (χ3n) is 1.51. The second kappa shape index (κ2) is 4.01. The minimum absolute atomic E-state index is 0.00549. The zero-order valence-electron chi connectivity index (χ0n) is 7.36. The van der Waals surface area contributed by atoms with Gasteiger partial charge in [0.1, 0.15) is 0 Å². The molecule has 0 saturated carbocycles. The van der Waals surface area contributed by atoms with Crippen LogP contribution in [0.1, 0.15) is 0 Å². The van der Waals surface area contributed by atoms with Gasteiger partial charge in [-0.15, -0.1) is 0 Å². The molecule has 0 spiro atoms. The lowest BCUT2D eigenvalue weighted by Crippen LogP contribution is -1.88. The van der Waals surface area contributed by atoms with Crippen LogP contribution in [0.5, 0.6) is 11.1 Å². The average Bonchev–Trinajstić information content (AvgIpc) is 2.68. The molecule has 0 amide bonds. The van der Waals surface area contributed by atoms with Crippen LogP contribution in [0.4, 0.5) is 5.69 Å². The molecular weight excluding hydrogens is 218 g/mol. The Morgan fingerprint density at radius 3 is 2.73 bits per heavy atom. The van der Waals surface area contributed by atoms with Crippen LogP contribution in [0.15, 0.2) is 29.9 Å². The van der Waals surface area contributed by atoms with Crippen molar-refractivity contribution in [2.45, 2.75) is 0 Å². The summed E-state index contributed by atoms with van der Waals surface area (Å²) in [5, 5.41) is 12.2. The first-order valence-electron chi connectivity index (χ1n) is 3.93. The van der Waals surface area contributed by atoms with Gasteiger partial charge in [-0.1, -0.05) is 11.3 Å². The molecule has 7 heteroatoms. The summed E-state index contributed by atoms with van der Waals surface area (Å²) in [4.78, 5) is 17.6. The maximum Gasteiger partial charge on any atom is 0.322 e. The van der Waals surface area contributed by atoms with Gasteiger partial charge in [0.25, 0.3) is 5.69 Å². The van der Waals surface area contributed by atoms with Gasteiger partial charge < -0.3 is 4.74 Å². The quantitative estimate of drug-likeness (QED) is 0.589. The van der Waals surface area contributed by atoms with E-state index in [1.54, 1.807) is 6.07 Å². The first kappa shape index (κ1) is 9.53. The van der Waals surface area contributed by atoms with Crippen molar-refractivity contribution in [2.24, 2.45) is 0 Å². The predicted octanol–water partition coefficient (Wildman–Crippen LogP) is 2.24. The molecule has 15 heavy (non-hydrogen) atoms. The topological polar surface area (TPSA) is 78.2 Å². The fourth-order valence-corrected chi connectivity index (χ4v) is 1.59. The van der Waals surface area contributed by atoms with Crippen molar-refractivity contribution in [1.82, 2.24) is 9.97 Å². The summed E-state index contributed by atoms with van der Waals surface area (Å²) >= 11 is 1.13. The van der Waals surface area contributed by atoms with Crippen LogP contribution in [0.3, 0.4) is 0 Å². The van der Waals surface area contributed by atoms with Gasteiger partial charge in [-0.3, -0.25) is 10.1 Å². The van der Waals surface area contributed by atoms with Crippen LogP contribution in [-0.2, 0) is 0 Å². The highest BCUT2D eigenvalue weighted by atomic mass is 32.1. The zero-order valence-corrected chi connectivity index (χ0v) is 8.18. The third-order valence-corrected chi connectivity index (χ3v) is 2.30. The van der Waals surface area contributed by atoms with E-state index >= 15 is 0 Å². The maximum absolute atomic E-state index is 10.4. The highest BCUT2D eigenvalue weighted by Gasteiger charge is 2.11. The second-order valence-electron chi connectivity index (χ2n) is 2.51.